The Morgan fingerprint density at radius 3 is 2.94 bits per heavy atom. The molecule has 5 rings (SSSR count). The second-order valence-electron chi connectivity index (χ2n) is 9.07. The number of likely N-dealkylation sites (tertiary alicyclic amines) is 1. The van der Waals surface area contributed by atoms with E-state index in [2.05, 4.69) is 22.4 Å². The SMILES string of the molecule is CN1CCCC1CCNC(=O)c1ccc2c(N=O)c(O)n(Cc3cc(F)cc4c3OCOC4)c2c1. The summed E-state index contributed by atoms with van der Waals surface area (Å²) in [4.78, 5) is 26.7. The minimum absolute atomic E-state index is 0.0109. The molecule has 0 radical (unpaired) electrons. The average Bonchev–Trinajstić information content (AvgIpc) is 3.38. The van der Waals surface area contributed by atoms with Gasteiger partial charge >= 0.3 is 0 Å². The number of carbonyl (C=O) groups is 1. The minimum Gasteiger partial charge on any atom is -0.493 e. The van der Waals surface area contributed by atoms with Crippen LogP contribution in [0.25, 0.3) is 10.9 Å². The zero-order chi connectivity index (χ0) is 24.5. The van der Waals surface area contributed by atoms with Crippen molar-refractivity contribution in [2.75, 3.05) is 26.9 Å². The molecule has 2 N–H and O–H groups in total. The molecular formula is C25H27FN4O5. The molecule has 0 spiro atoms. The summed E-state index contributed by atoms with van der Waals surface area (Å²) < 4.78 is 26.5. The number of aromatic hydroxyl groups is 1. The van der Waals surface area contributed by atoms with Gasteiger partial charge in [-0.2, -0.15) is 0 Å². The molecule has 2 aliphatic rings. The summed E-state index contributed by atoms with van der Waals surface area (Å²) in [6, 6.07) is 7.93. The van der Waals surface area contributed by atoms with Gasteiger partial charge in [0.05, 0.1) is 18.7 Å². The number of hydrogen-bond donors (Lipinski definition) is 2. The van der Waals surface area contributed by atoms with E-state index in [1.807, 2.05) is 0 Å². The van der Waals surface area contributed by atoms with E-state index in [0.717, 1.165) is 19.4 Å². The van der Waals surface area contributed by atoms with Crippen molar-refractivity contribution in [3.8, 4) is 11.6 Å². The smallest absolute Gasteiger partial charge is 0.251 e. The number of hydrogen-bond acceptors (Lipinski definition) is 7. The molecule has 2 aliphatic heterocycles. The number of amides is 1. The number of benzene rings is 2. The predicted molar refractivity (Wildman–Crippen MR) is 127 cm³/mol. The minimum atomic E-state index is -0.467. The van der Waals surface area contributed by atoms with Crippen LogP contribution in [-0.4, -0.2) is 53.5 Å². The van der Waals surface area contributed by atoms with Gasteiger partial charge in [0.2, 0.25) is 5.88 Å². The number of halogens is 1. The van der Waals surface area contributed by atoms with E-state index in [0.29, 0.717) is 45.9 Å². The van der Waals surface area contributed by atoms with Crippen molar-refractivity contribution in [3.05, 3.63) is 57.7 Å². The van der Waals surface area contributed by atoms with Crippen LogP contribution >= 0.6 is 0 Å². The van der Waals surface area contributed by atoms with Gasteiger partial charge in [-0.1, -0.05) is 0 Å². The molecule has 9 nitrogen and oxygen atoms in total. The van der Waals surface area contributed by atoms with E-state index >= 15 is 0 Å². The van der Waals surface area contributed by atoms with Gasteiger partial charge in [0.15, 0.2) is 12.5 Å². The third-order valence-corrected chi connectivity index (χ3v) is 6.88. The van der Waals surface area contributed by atoms with Gasteiger partial charge in [0, 0.05) is 34.7 Å². The Labute approximate surface area is 201 Å². The van der Waals surface area contributed by atoms with Crippen LogP contribution in [0.3, 0.4) is 0 Å². The van der Waals surface area contributed by atoms with Gasteiger partial charge in [0.1, 0.15) is 11.6 Å². The maximum atomic E-state index is 14.3. The molecule has 1 saturated heterocycles. The van der Waals surface area contributed by atoms with Crippen molar-refractivity contribution < 1.29 is 23.8 Å². The molecule has 35 heavy (non-hydrogen) atoms. The summed E-state index contributed by atoms with van der Waals surface area (Å²) in [5.74, 6) is -0.596. The average molecular weight is 483 g/mol. The third-order valence-electron chi connectivity index (χ3n) is 6.88. The Balaban J connectivity index is 1.44. The van der Waals surface area contributed by atoms with Gasteiger partial charge in [-0.15, -0.1) is 4.91 Å². The largest absolute Gasteiger partial charge is 0.493 e. The molecule has 0 bridgehead atoms. The standard InChI is InChI=1S/C25H27FN4O5/c1-29-8-2-3-19(29)6-7-27-24(31)15-4-5-20-21(11-15)30(25(32)22(20)28-33)12-16-9-18(26)10-17-13-34-14-35-23(16)17/h4-5,9-11,19,32H,2-3,6-8,12-14H2,1H3,(H,27,31). The summed E-state index contributed by atoms with van der Waals surface area (Å²) in [5, 5.41) is 17.1. The lowest BCUT2D eigenvalue weighted by molar-refractivity contribution is -0.0173. The van der Waals surface area contributed by atoms with E-state index in [1.54, 1.807) is 18.2 Å². The molecule has 2 aromatic carbocycles. The van der Waals surface area contributed by atoms with Crippen LogP contribution in [0.4, 0.5) is 10.1 Å². The molecular weight excluding hydrogens is 455 g/mol. The number of fused-ring (bicyclic) bond motifs is 2. The van der Waals surface area contributed by atoms with Crippen molar-refractivity contribution in [1.82, 2.24) is 14.8 Å². The van der Waals surface area contributed by atoms with Crippen LogP contribution in [0.1, 0.15) is 40.7 Å². The summed E-state index contributed by atoms with van der Waals surface area (Å²) in [6.45, 7) is 1.88. The summed E-state index contributed by atoms with van der Waals surface area (Å²) in [5.41, 5.74) is 1.72. The number of rotatable bonds is 7. The van der Waals surface area contributed by atoms with Crippen molar-refractivity contribution in [3.63, 3.8) is 0 Å². The van der Waals surface area contributed by atoms with Gasteiger partial charge in [-0.05, 0) is 68.4 Å². The number of ether oxygens (including phenoxy) is 2. The van der Waals surface area contributed by atoms with Crippen LogP contribution in [0.15, 0.2) is 35.5 Å². The molecule has 3 aromatic rings. The quantitative estimate of drug-likeness (QED) is 0.493. The van der Waals surface area contributed by atoms with Crippen LogP contribution in [-0.2, 0) is 17.9 Å². The fourth-order valence-electron chi connectivity index (χ4n) is 5.05. The first-order valence-electron chi connectivity index (χ1n) is 11.6. The molecule has 1 aromatic heterocycles. The highest BCUT2D eigenvalue weighted by molar-refractivity contribution is 6.02. The highest BCUT2D eigenvalue weighted by Crippen LogP contribution is 2.40. The van der Waals surface area contributed by atoms with E-state index in [9.17, 15) is 19.2 Å². The fourth-order valence-corrected chi connectivity index (χ4v) is 5.05. The van der Waals surface area contributed by atoms with Crippen molar-refractivity contribution >= 4 is 22.5 Å². The first kappa shape index (κ1) is 23.3. The highest BCUT2D eigenvalue weighted by Gasteiger charge is 2.24. The topological polar surface area (TPSA) is 105 Å². The number of carbonyl (C=O) groups excluding carboxylic acids is 1. The fraction of sp³-hybridized carbons (Fsp3) is 0.400. The van der Waals surface area contributed by atoms with Crippen molar-refractivity contribution in [2.45, 2.75) is 38.5 Å². The zero-order valence-corrected chi connectivity index (χ0v) is 19.4. The molecule has 1 unspecified atom stereocenters. The van der Waals surface area contributed by atoms with Gasteiger partial charge in [0.25, 0.3) is 5.91 Å². The molecule has 1 fully saturated rings. The van der Waals surface area contributed by atoms with Crippen LogP contribution < -0.4 is 10.1 Å². The second-order valence-corrected chi connectivity index (χ2v) is 9.07. The van der Waals surface area contributed by atoms with Gasteiger partial charge in [-0.25, -0.2) is 4.39 Å². The first-order chi connectivity index (χ1) is 17.0. The van der Waals surface area contributed by atoms with Gasteiger partial charge in [-0.3, -0.25) is 4.79 Å². The normalized spacial score (nSPS) is 17.8. The monoisotopic (exact) mass is 482 g/mol. The Hall–Kier alpha value is -3.50. The van der Waals surface area contributed by atoms with Crippen LogP contribution in [0.5, 0.6) is 11.6 Å². The Kier molecular flexibility index (Phi) is 6.40. The molecule has 10 heteroatoms. The number of nitrogens with zero attached hydrogens (tertiary/aromatic N) is 3. The number of nitrogens with one attached hydrogen (secondary N) is 1. The molecule has 0 saturated carbocycles. The van der Waals surface area contributed by atoms with Crippen molar-refractivity contribution in [2.24, 2.45) is 5.18 Å². The lowest BCUT2D eigenvalue weighted by Gasteiger charge is -2.21. The maximum absolute atomic E-state index is 14.3. The number of nitroso groups, excluding NO2 is 1. The lowest BCUT2D eigenvalue weighted by Crippen LogP contribution is -2.31. The number of aromatic nitrogens is 1. The van der Waals surface area contributed by atoms with E-state index in [-0.39, 0.29) is 37.4 Å². The Morgan fingerprint density at radius 2 is 2.17 bits per heavy atom. The van der Waals surface area contributed by atoms with E-state index in [4.69, 9.17) is 9.47 Å². The van der Waals surface area contributed by atoms with E-state index in [1.165, 1.54) is 23.1 Å². The van der Waals surface area contributed by atoms with Crippen LogP contribution in [0, 0.1) is 10.7 Å². The molecule has 184 valence electrons. The Bertz CT molecular complexity index is 1290. The first-order valence-corrected chi connectivity index (χ1v) is 11.6. The maximum Gasteiger partial charge on any atom is 0.251 e. The van der Waals surface area contributed by atoms with E-state index < -0.39 is 5.82 Å². The molecule has 1 atom stereocenters. The van der Waals surface area contributed by atoms with Crippen molar-refractivity contribution in [1.29, 1.82) is 0 Å². The summed E-state index contributed by atoms with van der Waals surface area (Å²) >= 11 is 0. The van der Waals surface area contributed by atoms with Gasteiger partial charge < -0.3 is 29.4 Å². The highest BCUT2D eigenvalue weighted by atomic mass is 19.1. The Morgan fingerprint density at radius 1 is 1.31 bits per heavy atom. The lowest BCUT2D eigenvalue weighted by atomic mass is 10.1. The zero-order valence-electron chi connectivity index (χ0n) is 19.4. The van der Waals surface area contributed by atoms with Crippen LogP contribution in [0.2, 0.25) is 0 Å². The molecule has 3 heterocycles. The summed E-state index contributed by atoms with van der Waals surface area (Å²) in [6.07, 6.45) is 3.17. The second kappa shape index (κ2) is 9.63. The molecule has 0 aliphatic carbocycles. The molecule has 1 amide bonds. The summed E-state index contributed by atoms with van der Waals surface area (Å²) in [7, 11) is 2.10. The third kappa shape index (κ3) is 4.46. The predicted octanol–water partition coefficient (Wildman–Crippen LogP) is 4.01.